The number of ether oxygens (including phenoxy) is 1. The van der Waals surface area contributed by atoms with Crippen LogP contribution in [0.4, 0.5) is 26.3 Å². The fourth-order valence-electron chi connectivity index (χ4n) is 3.25. The van der Waals surface area contributed by atoms with Crippen molar-refractivity contribution in [2.75, 3.05) is 0 Å². The van der Waals surface area contributed by atoms with Crippen LogP contribution in [0.3, 0.4) is 0 Å². The zero-order chi connectivity index (χ0) is 24.7. The molecule has 0 radical (unpaired) electrons. The van der Waals surface area contributed by atoms with Gasteiger partial charge in [0.1, 0.15) is 6.61 Å². The van der Waals surface area contributed by atoms with Crippen molar-refractivity contribution in [3.63, 3.8) is 0 Å². The second-order valence-electron chi connectivity index (χ2n) is 7.21. The number of hydrogen-bond acceptors (Lipinski definition) is 5. The Morgan fingerprint density at radius 1 is 0.971 bits per heavy atom. The molecule has 0 aliphatic rings. The van der Waals surface area contributed by atoms with Crippen molar-refractivity contribution in [2.24, 2.45) is 0 Å². The number of carbonyl (C=O) groups is 1. The lowest BCUT2D eigenvalue weighted by molar-refractivity contribution is -0.143. The lowest BCUT2D eigenvalue weighted by Gasteiger charge is -2.12. The summed E-state index contributed by atoms with van der Waals surface area (Å²) < 4.78 is 85.5. The zero-order valence-electron chi connectivity index (χ0n) is 17.3. The second kappa shape index (κ2) is 8.43. The summed E-state index contributed by atoms with van der Waals surface area (Å²) in [5.41, 5.74) is -1.36. The highest BCUT2D eigenvalue weighted by atomic mass is 19.4. The number of rotatable bonds is 4. The highest BCUT2D eigenvalue weighted by Crippen LogP contribution is 2.36. The van der Waals surface area contributed by atoms with E-state index in [0.29, 0.717) is 15.8 Å². The summed E-state index contributed by atoms with van der Waals surface area (Å²) in [6, 6.07) is 7.42. The first-order valence-electron chi connectivity index (χ1n) is 9.66. The van der Waals surface area contributed by atoms with Crippen LogP contribution in [-0.4, -0.2) is 25.6 Å². The lowest BCUT2D eigenvalue weighted by Crippen LogP contribution is -2.13. The number of pyridine rings is 1. The molecule has 0 unspecified atom stereocenters. The van der Waals surface area contributed by atoms with Crippen molar-refractivity contribution in [1.29, 1.82) is 0 Å². The van der Waals surface area contributed by atoms with Crippen molar-refractivity contribution < 1.29 is 35.9 Å². The van der Waals surface area contributed by atoms with Gasteiger partial charge in [-0.1, -0.05) is 12.1 Å². The Morgan fingerprint density at radius 2 is 1.68 bits per heavy atom. The van der Waals surface area contributed by atoms with Crippen molar-refractivity contribution in [1.82, 2.24) is 19.6 Å². The average Bonchev–Trinajstić information content (AvgIpc) is 3.20. The molecule has 34 heavy (non-hydrogen) atoms. The third kappa shape index (κ3) is 4.70. The lowest BCUT2D eigenvalue weighted by atomic mass is 10.1. The summed E-state index contributed by atoms with van der Waals surface area (Å²) in [4.78, 5) is 19.4. The first kappa shape index (κ1) is 23.2. The molecular formula is C22H14F6N4O2. The molecule has 3 aromatic heterocycles. The van der Waals surface area contributed by atoms with E-state index in [1.54, 1.807) is 0 Å². The van der Waals surface area contributed by atoms with Gasteiger partial charge in [-0.3, -0.25) is 9.78 Å². The normalized spacial score (nSPS) is 12.2. The smallest absolute Gasteiger partial charge is 0.433 e. The Morgan fingerprint density at radius 3 is 2.29 bits per heavy atom. The fourth-order valence-corrected chi connectivity index (χ4v) is 3.25. The molecule has 6 nitrogen and oxygen atoms in total. The van der Waals surface area contributed by atoms with Gasteiger partial charge in [-0.15, -0.1) is 0 Å². The maximum absolute atomic E-state index is 13.8. The summed E-state index contributed by atoms with van der Waals surface area (Å²) in [7, 11) is 0. The van der Waals surface area contributed by atoms with Gasteiger partial charge in [0.25, 0.3) is 0 Å². The number of hydrogen-bond donors (Lipinski definition) is 0. The minimum absolute atomic E-state index is 0.0680. The first-order chi connectivity index (χ1) is 15.9. The molecule has 0 saturated carbocycles. The molecule has 0 N–H and O–H groups in total. The highest BCUT2D eigenvalue weighted by Gasteiger charge is 2.36. The van der Waals surface area contributed by atoms with E-state index >= 15 is 0 Å². The van der Waals surface area contributed by atoms with Crippen LogP contribution in [-0.2, 0) is 28.5 Å². The van der Waals surface area contributed by atoms with Crippen molar-refractivity contribution in [3.05, 3.63) is 71.8 Å². The summed E-state index contributed by atoms with van der Waals surface area (Å²) in [5, 5.41) is 3.83. The molecule has 0 bridgehead atoms. The van der Waals surface area contributed by atoms with Crippen LogP contribution < -0.4 is 0 Å². The Bertz CT molecular complexity index is 1360. The van der Waals surface area contributed by atoms with Crippen molar-refractivity contribution in [2.45, 2.75) is 25.9 Å². The Hall–Kier alpha value is -3.96. The first-order valence-corrected chi connectivity index (χ1v) is 9.66. The van der Waals surface area contributed by atoms with E-state index < -0.39 is 29.6 Å². The number of halogens is 6. The van der Waals surface area contributed by atoms with Gasteiger partial charge in [-0.25, -0.2) is 9.50 Å². The summed E-state index contributed by atoms with van der Waals surface area (Å²) in [6.45, 7) is 1.08. The summed E-state index contributed by atoms with van der Waals surface area (Å²) >= 11 is 0. The largest absolute Gasteiger partial charge is 0.459 e. The number of nitrogens with zero attached hydrogens (tertiary/aromatic N) is 4. The zero-order valence-corrected chi connectivity index (χ0v) is 17.3. The van der Waals surface area contributed by atoms with E-state index in [1.807, 2.05) is 0 Å². The molecule has 0 aliphatic carbocycles. The molecule has 0 aliphatic heterocycles. The number of benzene rings is 1. The third-order valence-electron chi connectivity index (χ3n) is 4.82. The predicted molar refractivity (Wildman–Crippen MR) is 107 cm³/mol. The van der Waals surface area contributed by atoms with E-state index in [4.69, 9.17) is 4.74 Å². The van der Waals surface area contributed by atoms with Gasteiger partial charge in [-0.05, 0) is 35.9 Å². The Balaban J connectivity index is 1.85. The number of alkyl halides is 6. The van der Waals surface area contributed by atoms with Crippen LogP contribution in [0.5, 0.6) is 0 Å². The van der Waals surface area contributed by atoms with Gasteiger partial charge < -0.3 is 4.74 Å². The fraction of sp³-hybridized carbons (Fsp3) is 0.182. The van der Waals surface area contributed by atoms with Crippen LogP contribution in [0.2, 0.25) is 0 Å². The van der Waals surface area contributed by atoms with E-state index in [1.165, 1.54) is 31.5 Å². The number of carbonyl (C=O) groups excluding carboxylic acids is 1. The average molecular weight is 480 g/mol. The van der Waals surface area contributed by atoms with Crippen LogP contribution in [0.1, 0.15) is 23.9 Å². The minimum Gasteiger partial charge on any atom is -0.459 e. The van der Waals surface area contributed by atoms with Gasteiger partial charge in [0.15, 0.2) is 11.3 Å². The third-order valence-corrected chi connectivity index (χ3v) is 4.82. The molecular weight excluding hydrogens is 466 g/mol. The molecule has 1 aromatic carbocycles. The highest BCUT2D eigenvalue weighted by molar-refractivity contribution is 5.79. The maximum Gasteiger partial charge on any atom is 0.433 e. The Kier molecular flexibility index (Phi) is 5.75. The van der Waals surface area contributed by atoms with Crippen LogP contribution in [0, 0.1) is 0 Å². The molecule has 176 valence electrons. The molecule has 0 saturated heterocycles. The second-order valence-corrected chi connectivity index (χ2v) is 7.21. The molecule has 0 amide bonds. The number of fused-ring (bicyclic) bond motifs is 1. The molecule has 0 fully saturated rings. The van der Waals surface area contributed by atoms with Crippen LogP contribution >= 0.6 is 0 Å². The monoisotopic (exact) mass is 480 g/mol. The summed E-state index contributed by atoms with van der Waals surface area (Å²) in [5.74, 6) is -0.527. The SMILES string of the molecule is CC(=O)OCc1cc(-c2cnn3c(C(F)(F)F)cc(-c4ccc(C(F)(F)F)cc4)nc23)ccn1. The minimum atomic E-state index is -4.82. The summed E-state index contributed by atoms with van der Waals surface area (Å²) in [6.07, 6.45) is -6.82. The molecule has 0 atom stereocenters. The van der Waals surface area contributed by atoms with Crippen molar-refractivity contribution in [3.8, 4) is 22.4 Å². The van der Waals surface area contributed by atoms with Gasteiger partial charge in [0.05, 0.1) is 23.1 Å². The maximum atomic E-state index is 13.8. The standard InChI is InChI=1S/C22H14F6N4O2/c1-12(33)34-11-16-8-14(6-7-29-16)17-10-30-32-19(22(26,27)28)9-18(31-20(17)32)13-2-4-15(5-3-13)21(23,24)25/h2-10H,11H2,1H3. The van der Waals surface area contributed by atoms with E-state index in [-0.39, 0.29) is 29.1 Å². The number of esters is 1. The van der Waals surface area contributed by atoms with Gasteiger partial charge in [0, 0.05) is 24.2 Å². The predicted octanol–water partition coefficient (Wildman–Crippen LogP) is 5.56. The molecule has 12 heteroatoms. The van der Waals surface area contributed by atoms with Crippen LogP contribution in [0.25, 0.3) is 28.0 Å². The van der Waals surface area contributed by atoms with Gasteiger partial charge >= 0.3 is 18.3 Å². The quantitative estimate of drug-likeness (QED) is 0.283. The molecule has 3 heterocycles. The van der Waals surface area contributed by atoms with Crippen LogP contribution in [0.15, 0.2) is 54.9 Å². The Labute approximate surface area is 187 Å². The van der Waals surface area contributed by atoms with E-state index in [0.717, 1.165) is 30.3 Å². The van der Waals surface area contributed by atoms with Gasteiger partial charge in [-0.2, -0.15) is 31.4 Å². The van der Waals surface area contributed by atoms with E-state index in [2.05, 4.69) is 15.1 Å². The topological polar surface area (TPSA) is 69.4 Å². The molecule has 4 rings (SSSR count). The van der Waals surface area contributed by atoms with Gasteiger partial charge in [0.2, 0.25) is 0 Å². The van der Waals surface area contributed by atoms with E-state index in [9.17, 15) is 31.1 Å². The van der Waals surface area contributed by atoms with Crippen molar-refractivity contribution >= 4 is 11.6 Å². The molecule has 4 aromatic rings. The number of aromatic nitrogens is 4. The molecule has 0 spiro atoms.